The predicted molar refractivity (Wildman–Crippen MR) is 75.4 cm³/mol. The Hall–Kier alpha value is -2.37. The molecule has 0 aliphatic rings. The second kappa shape index (κ2) is 5.95. The van der Waals surface area contributed by atoms with E-state index in [0.29, 0.717) is 5.56 Å². The molecule has 2 aromatic rings. The van der Waals surface area contributed by atoms with Crippen LogP contribution in [0.3, 0.4) is 0 Å². The van der Waals surface area contributed by atoms with Crippen LogP contribution in [0, 0.1) is 0 Å². The van der Waals surface area contributed by atoms with Crippen LogP contribution < -0.4 is 9.47 Å². The van der Waals surface area contributed by atoms with Crippen molar-refractivity contribution >= 4 is 11.5 Å². The van der Waals surface area contributed by atoms with Gasteiger partial charge in [0, 0.05) is 36.9 Å². The highest BCUT2D eigenvalue weighted by Crippen LogP contribution is 2.17. The average molecular weight is 294 g/mol. The zero-order valence-corrected chi connectivity index (χ0v) is 11.7. The SMILES string of the molecule is CN(C)c1cc[n+](/C(=N/C(F)(F)F)c2ccccc2)cc1. The summed E-state index contributed by atoms with van der Waals surface area (Å²) in [5, 5.41) is 0. The van der Waals surface area contributed by atoms with E-state index < -0.39 is 6.30 Å². The van der Waals surface area contributed by atoms with Crippen molar-refractivity contribution in [1.29, 1.82) is 0 Å². The number of hydrogen-bond acceptors (Lipinski definition) is 2. The molecule has 0 aliphatic carbocycles. The fourth-order valence-corrected chi connectivity index (χ4v) is 1.84. The first-order chi connectivity index (χ1) is 9.87. The predicted octanol–water partition coefficient (Wildman–Crippen LogP) is 2.85. The van der Waals surface area contributed by atoms with Gasteiger partial charge in [0.25, 0.3) is 0 Å². The molecule has 21 heavy (non-hydrogen) atoms. The number of aromatic nitrogens is 1. The van der Waals surface area contributed by atoms with Crippen molar-refractivity contribution in [2.75, 3.05) is 19.0 Å². The smallest absolute Gasteiger partial charge is 0.377 e. The molecule has 1 heterocycles. The van der Waals surface area contributed by atoms with Gasteiger partial charge in [0.1, 0.15) is 0 Å². The van der Waals surface area contributed by atoms with Gasteiger partial charge in [-0.25, -0.2) is 4.57 Å². The molecule has 0 atom stereocenters. The van der Waals surface area contributed by atoms with Gasteiger partial charge < -0.3 is 4.90 Å². The third kappa shape index (κ3) is 4.05. The summed E-state index contributed by atoms with van der Waals surface area (Å²) in [7, 11) is 3.73. The number of halogens is 3. The number of pyridine rings is 1. The van der Waals surface area contributed by atoms with Gasteiger partial charge in [0.05, 0.1) is 18.0 Å². The molecule has 2 rings (SSSR count). The van der Waals surface area contributed by atoms with Crippen LogP contribution in [0.5, 0.6) is 0 Å². The van der Waals surface area contributed by atoms with E-state index >= 15 is 0 Å². The van der Waals surface area contributed by atoms with Crippen LogP contribution in [0.15, 0.2) is 59.9 Å². The van der Waals surface area contributed by atoms with Crippen LogP contribution in [0.4, 0.5) is 18.9 Å². The molecule has 1 aromatic carbocycles. The Morgan fingerprint density at radius 1 is 1.00 bits per heavy atom. The summed E-state index contributed by atoms with van der Waals surface area (Å²) >= 11 is 0. The van der Waals surface area contributed by atoms with Crippen LogP contribution in [0.25, 0.3) is 0 Å². The highest BCUT2D eigenvalue weighted by atomic mass is 19.4. The zero-order valence-electron chi connectivity index (χ0n) is 11.7. The van der Waals surface area contributed by atoms with Gasteiger partial charge in [-0.15, -0.1) is 13.2 Å². The van der Waals surface area contributed by atoms with Crippen molar-refractivity contribution in [3.63, 3.8) is 0 Å². The fraction of sp³-hybridized carbons (Fsp3) is 0.200. The minimum absolute atomic E-state index is 0.159. The standard InChI is InChI=1S/C15H15F3N3/c1-20(2)13-8-10-21(11-9-13)14(19-15(16,17)18)12-6-4-3-5-7-12/h3-11H,1-2H3/q+1/b19-14+. The second-order valence-electron chi connectivity index (χ2n) is 4.63. The van der Waals surface area contributed by atoms with Crippen LogP contribution >= 0.6 is 0 Å². The number of aliphatic imine (C=N–C) groups is 1. The third-order valence-electron chi connectivity index (χ3n) is 2.84. The average Bonchev–Trinajstić information content (AvgIpc) is 2.45. The fourth-order valence-electron chi connectivity index (χ4n) is 1.84. The molecule has 110 valence electrons. The quantitative estimate of drug-likeness (QED) is 0.361. The minimum Gasteiger partial charge on any atom is -0.377 e. The number of alkyl halides is 3. The molecule has 0 radical (unpaired) electrons. The van der Waals surface area contributed by atoms with Gasteiger partial charge in [-0.3, -0.25) is 0 Å². The van der Waals surface area contributed by atoms with E-state index in [1.54, 1.807) is 54.9 Å². The van der Waals surface area contributed by atoms with Crippen LogP contribution in [-0.4, -0.2) is 26.2 Å². The van der Waals surface area contributed by atoms with Gasteiger partial charge >= 0.3 is 12.1 Å². The maximum Gasteiger partial charge on any atom is 0.603 e. The largest absolute Gasteiger partial charge is 0.603 e. The first-order valence-corrected chi connectivity index (χ1v) is 6.28. The van der Waals surface area contributed by atoms with Gasteiger partial charge in [0.2, 0.25) is 0 Å². The molecule has 0 spiro atoms. The molecule has 0 amide bonds. The van der Waals surface area contributed by atoms with Gasteiger partial charge in [-0.2, -0.15) is 0 Å². The molecular weight excluding hydrogens is 279 g/mol. The van der Waals surface area contributed by atoms with Crippen molar-refractivity contribution in [2.24, 2.45) is 4.99 Å². The van der Waals surface area contributed by atoms with Crippen LogP contribution in [0.2, 0.25) is 0 Å². The Kier molecular flexibility index (Phi) is 4.26. The molecular formula is C15H15F3N3+. The summed E-state index contributed by atoms with van der Waals surface area (Å²) in [4.78, 5) is 4.76. The molecule has 0 saturated heterocycles. The lowest BCUT2D eigenvalue weighted by Crippen LogP contribution is -2.44. The van der Waals surface area contributed by atoms with Crippen molar-refractivity contribution in [3.05, 3.63) is 60.4 Å². The number of benzene rings is 1. The lowest BCUT2D eigenvalue weighted by atomic mass is 10.2. The Balaban J connectivity index is 2.48. The topological polar surface area (TPSA) is 19.5 Å². The van der Waals surface area contributed by atoms with Gasteiger partial charge in [0.15, 0.2) is 0 Å². The third-order valence-corrected chi connectivity index (χ3v) is 2.84. The van der Waals surface area contributed by atoms with E-state index in [-0.39, 0.29) is 5.84 Å². The van der Waals surface area contributed by atoms with E-state index in [9.17, 15) is 13.2 Å². The number of anilines is 1. The lowest BCUT2D eigenvalue weighted by molar-refractivity contribution is -0.555. The molecule has 3 nitrogen and oxygen atoms in total. The second-order valence-corrected chi connectivity index (χ2v) is 4.63. The number of nitrogens with zero attached hydrogens (tertiary/aromatic N) is 3. The molecule has 1 aromatic heterocycles. The summed E-state index contributed by atoms with van der Waals surface area (Å²) in [5.74, 6) is -0.159. The first kappa shape index (κ1) is 15.0. The highest BCUT2D eigenvalue weighted by molar-refractivity contribution is 5.91. The summed E-state index contributed by atoms with van der Waals surface area (Å²) in [6, 6.07) is 11.7. The van der Waals surface area contributed by atoms with Crippen molar-refractivity contribution in [3.8, 4) is 0 Å². The van der Waals surface area contributed by atoms with Crippen LogP contribution in [-0.2, 0) is 0 Å². The normalized spacial score (nSPS) is 12.3. The van der Waals surface area contributed by atoms with E-state index in [1.807, 2.05) is 19.0 Å². The molecule has 6 heteroatoms. The molecule has 0 fully saturated rings. The monoisotopic (exact) mass is 294 g/mol. The molecule has 0 unspecified atom stereocenters. The van der Waals surface area contributed by atoms with E-state index in [2.05, 4.69) is 4.99 Å². The van der Waals surface area contributed by atoms with E-state index in [1.165, 1.54) is 4.57 Å². The number of hydrogen-bond donors (Lipinski definition) is 0. The van der Waals surface area contributed by atoms with Crippen molar-refractivity contribution in [1.82, 2.24) is 0 Å². The van der Waals surface area contributed by atoms with E-state index in [0.717, 1.165) is 5.69 Å². The maximum atomic E-state index is 12.7. The maximum absolute atomic E-state index is 12.7. The minimum atomic E-state index is -4.63. The summed E-state index contributed by atoms with van der Waals surface area (Å²) in [5.41, 5.74) is 1.29. The Labute approximate surface area is 121 Å². The van der Waals surface area contributed by atoms with Crippen molar-refractivity contribution in [2.45, 2.75) is 6.30 Å². The Bertz CT molecular complexity index is 617. The summed E-state index contributed by atoms with van der Waals surface area (Å²) < 4.78 is 39.4. The van der Waals surface area contributed by atoms with E-state index in [4.69, 9.17) is 0 Å². The molecule has 0 saturated carbocycles. The Morgan fingerprint density at radius 2 is 1.57 bits per heavy atom. The Morgan fingerprint density at radius 3 is 2.05 bits per heavy atom. The van der Waals surface area contributed by atoms with Crippen molar-refractivity contribution < 1.29 is 17.7 Å². The molecule has 0 aliphatic heterocycles. The zero-order chi connectivity index (χ0) is 15.5. The van der Waals surface area contributed by atoms with Gasteiger partial charge in [-0.05, 0) is 12.1 Å². The first-order valence-electron chi connectivity index (χ1n) is 6.28. The lowest BCUT2D eigenvalue weighted by Gasteiger charge is -2.11. The summed E-state index contributed by atoms with van der Waals surface area (Å²) in [6.45, 7) is 0. The highest BCUT2D eigenvalue weighted by Gasteiger charge is 2.37. The molecule has 0 N–H and O–H groups in total. The summed E-state index contributed by atoms with van der Waals surface area (Å²) in [6.07, 6.45) is -1.50. The van der Waals surface area contributed by atoms with Gasteiger partial charge in [-0.1, -0.05) is 18.2 Å². The number of rotatable bonds is 2. The molecule has 0 bridgehead atoms. The van der Waals surface area contributed by atoms with Crippen LogP contribution in [0.1, 0.15) is 5.56 Å².